The molecule has 0 aliphatic heterocycles. The summed E-state index contributed by atoms with van der Waals surface area (Å²) in [7, 11) is 0. The van der Waals surface area contributed by atoms with Crippen LogP contribution in [0, 0.1) is 0 Å². The molecule has 4 nitrogen and oxygen atoms in total. The molecule has 0 unspecified atom stereocenters. The molecule has 0 fully saturated rings. The fourth-order valence-corrected chi connectivity index (χ4v) is 0.891. The topological polar surface area (TPSA) is 61.0 Å². The van der Waals surface area contributed by atoms with E-state index in [9.17, 15) is 0 Å². The van der Waals surface area contributed by atoms with E-state index in [1.165, 1.54) is 6.07 Å². The van der Waals surface area contributed by atoms with Crippen molar-refractivity contribution in [3.05, 3.63) is 16.4 Å². The van der Waals surface area contributed by atoms with Gasteiger partial charge in [0.25, 0.3) is 0 Å². The number of rotatable bonds is 3. The summed E-state index contributed by atoms with van der Waals surface area (Å²) in [6.07, 6.45) is 0. The largest absolute Gasteiger partial charge is 0.489 e. The van der Waals surface area contributed by atoms with Gasteiger partial charge in [-0.1, -0.05) is 23.2 Å². The molecule has 1 aromatic heterocycles. The maximum Gasteiger partial charge on any atom is 0.193 e. The van der Waals surface area contributed by atoms with E-state index < -0.39 is 0 Å². The Morgan fingerprint density at radius 2 is 2.17 bits per heavy atom. The van der Waals surface area contributed by atoms with Gasteiger partial charge in [-0.05, 0) is 0 Å². The Morgan fingerprint density at radius 3 is 2.83 bits per heavy atom. The van der Waals surface area contributed by atoms with Crippen LogP contribution in [0.4, 0.5) is 0 Å². The van der Waals surface area contributed by atoms with Crippen LogP contribution >= 0.6 is 23.2 Å². The molecule has 0 saturated carbocycles. The summed E-state index contributed by atoms with van der Waals surface area (Å²) >= 11 is 11.2. The normalized spacial score (nSPS) is 9.92. The molecular weight excluding hydrogens is 201 g/mol. The minimum Gasteiger partial charge on any atom is -0.489 e. The van der Waals surface area contributed by atoms with Crippen LogP contribution in [-0.4, -0.2) is 23.3 Å². The van der Waals surface area contributed by atoms with Crippen molar-refractivity contribution < 1.29 is 4.74 Å². The lowest BCUT2D eigenvalue weighted by atomic mass is 10.5. The van der Waals surface area contributed by atoms with Gasteiger partial charge in [0.05, 0.1) is 0 Å². The number of hydrogen-bond donors (Lipinski definition) is 1. The van der Waals surface area contributed by atoms with Crippen LogP contribution in [0.3, 0.4) is 0 Å². The Labute approximate surface area is 79.6 Å². The molecule has 0 aliphatic rings. The molecule has 0 amide bonds. The van der Waals surface area contributed by atoms with E-state index in [-0.39, 0.29) is 10.3 Å². The summed E-state index contributed by atoms with van der Waals surface area (Å²) in [5.74, 6) is 0.405. The van der Waals surface area contributed by atoms with Gasteiger partial charge >= 0.3 is 0 Å². The third-order valence-electron chi connectivity index (χ3n) is 1.06. The zero-order valence-corrected chi connectivity index (χ0v) is 7.64. The molecule has 0 radical (unpaired) electrons. The summed E-state index contributed by atoms with van der Waals surface area (Å²) in [6, 6.07) is 1.49. The average Bonchev–Trinajstić information content (AvgIpc) is 2.07. The zero-order valence-electron chi connectivity index (χ0n) is 6.13. The zero-order chi connectivity index (χ0) is 8.97. The van der Waals surface area contributed by atoms with Crippen molar-refractivity contribution in [1.29, 1.82) is 0 Å². The number of aromatic nitrogens is 2. The molecule has 1 aromatic rings. The first kappa shape index (κ1) is 9.51. The van der Waals surface area contributed by atoms with Gasteiger partial charge in [0.15, 0.2) is 16.1 Å². The van der Waals surface area contributed by atoms with Gasteiger partial charge in [0, 0.05) is 12.6 Å². The Balaban J connectivity index is 2.75. The first-order valence-electron chi connectivity index (χ1n) is 3.25. The molecule has 0 spiro atoms. The van der Waals surface area contributed by atoms with Gasteiger partial charge in [-0.3, -0.25) is 0 Å². The molecule has 2 N–H and O–H groups in total. The van der Waals surface area contributed by atoms with E-state index in [1.807, 2.05) is 0 Å². The summed E-state index contributed by atoms with van der Waals surface area (Å²) in [5.41, 5.74) is 5.23. The van der Waals surface area contributed by atoms with Crippen LogP contribution in [0.1, 0.15) is 0 Å². The molecule has 0 bridgehead atoms. The van der Waals surface area contributed by atoms with Crippen LogP contribution in [0.2, 0.25) is 10.3 Å². The highest BCUT2D eigenvalue weighted by molar-refractivity contribution is 6.32. The monoisotopic (exact) mass is 207 g/mol. The van der Waals surface area contributed by atoms with E-state index >= 15 is 0 Å². The standard InChI is InChI=1S/C6H7Cl2N3O/c7-5-3-4(12-2-1-9)6(8)11-10-5/h3H,1-2,9H2. The Hall–Kier alpha value is -0.580. The van der Waals surface area contributed by atoms with Gasteiger partial charge in [0.1, 0.15) is 6.61 Å². The predicted octanol–water partition coefficient (Wildman–Crippen LogP) is 1.12. The van der Waals surface area contributed by atoms with Gasteiger partial charge in [-0.15, -0.1) is 10.2 Å². The van der Waals surface area contributed by atoms with Gasteiger partial charge in [-0.2, -0.15) is 0 Å². The maximum atomic E-state index is 5.63. The lowest BCUT2D eigenvalue weighted by molar-refractivity contribution is 0.326. The van der Waals surface area contributed by atoms with Crippen molar-refractivity contribution >= 4 is 23.2 Å². The maximum absolute atomic E-state index is 5.63. The van der Waals surface area contributed by atoms with E-state index in [4.69, 9.17) is 33.7 Å². The quantitative estimate of drug-likeness (QED) is 0.808. The average molecular weight is 208 g/mol. The second-order valence-electron chi connectivity index (χ2n) is 1.96. The first-order chi connectivity index (χ1) is 5.74. The van der Waals surface area contributed by atoms with E-state index in [0.29, 0.717) is 18.9 Å². The van der Waals surface area contributed by atoms with Crippen LogP contribution in [0.5, 0.6) is 5.75 Å². The SMILES string of the molecule is NCCOc1cc(Cl)nnc1Cl. The first-order valence-corrected chi connectivity index (χ1v) is 4.01. The molecular formula is C6H7Cl2N3O. The molecule has 12 heavy (non-hydrogen) atoms. The van der Waals surface area contributed by atoms with Gasteiger partial charge < -0.3 is 10.5 Å². The predicted molar refractivity (Wildman–Crippen MR) is 46.6 cm³/mol. The van der Waals surface area contributed by atoms with Crippen LogP contribution in [0.15, 0.2) is 6.07 Å². The van der Waals surface area contributed by atoms with Crippen LogP contribution < -0.4 is 10.5 Å². The lowest BCUT2D eigenvalue weighted by Crippen LogP contribution is -2.11. The van der Waals surface area contributed by atoms with Gasteiger partial charge in [0.2, 0.25) is 0 Å². The van der Waals surface area contributed by atoms with Crippen molar-refractivity contribution in [2.45, 2.75) is 0 Å². The number of hydrogen-bond acceptors (Lipinski definition) is 4. The van der Waals surface area contributed by atoms with Crippen molar-refractivity contribution in [3.63, 3.8) is 0 Å². The van der Waals surface area contributed by atoms with Crippen molar-refractivity contribution in [3.8, 4) is 5.75 Å². The van der Waals surface area contributed by atoms with Crippen LogP contribution in [-0.2, 0) is 0 Å². The van der Waals surface area contributed by atoms with Crippen LogP contribution in [0.25, 0.3) is 0 Å². The summed E-state index contributed by atoms with van der Waals surface area (Å²) in [5, 5.41) is 7.50. The highest BCUT2D eigenvalue weighted by atomic mass is 35.5. The Bertz CT molecular complexity index is 269. The van der Waals surface area contributed by atoms with Crippen molar-refractivity contribution in [1.82, 2.24) is 10.2 Å². The smallest absolute Gasteiger partial charge is 0.193 e. The van der Waals surface area contributed by atoms with Crippen molar-refractivity contribution in [2.75, 3.05) is 13.2 Å². The summed E-state index contributed by atoms with van der Waals surface area (Å²) in [4.78, 5) is 0. The second kappa shape index (κ2) is 4.45. The molecule has 66 valence electrons. The number of halogens is 2. The molecule has 0 aromatic carbocycles. The lowest BCUT2D eigenvalue weighted by Gasteiger charge is -2.04. The van der Waals surface area contributed by atoms with E-state index in [1.54, 1.807) is 0 Å². The van der Waals surface area contributed by atoms with Crippen molar-refractivity contribution in [2.24, 2.45) is 5.73 Å². The molecule has 6 heteroatoms. The fourth-order valence-electron chi connectivity index (χ4n) is 0.608. The highest BCUT2D eigenvalue weighted by Gasteiger charge is 2.03. The Morgan fingerprint density at radius 1 is 1.42 bits per heavy atom. The van der Waals surface area contributed by atoms with E-state index in [2.05, 4.69) is 10.2 Å². The Kier molecular flexibility index (Phi) is 3.52. The molecule has 1 rings (SSSR count). The second-order valence-corrected chi connectivity index (χ2v) is 2.70. The number of nitrogens with zero attached hydrogens (tertiary/aromatic N) is 2. The molecule has 1 heterocycles. The van der Waals surface area contributed by atoms with E-state index in [0.717, 1.165) is 0 Å². The molecule has 0 atom stereocenters. The highest BCUT2D eigenvalue weighted by Crippen LogP contribution is 2.22. The summed E-state index contributed by atoms with van der Waals surface area (Å²) in [6.45, 7) is 0.790. The minimum absolute atomic E-state index is 0.188. The number of ether oxygens (including phenoxy) is 1. The molecule has 0 aliphatic carbocycles. The fraction of sp³-hybridized carbons (Fsp3) is 0.333. The third kappa shape index (κ3) is 2.48. The third-order valence-corrected chi connectivity index (χ3v) is 1.51. The van der Waals surface area contributed by atoms with Gasteiger partial charge in [-0.25, -0.2) is 0 Å². The number of nitrogens with two attached hydrogens (primary N) is 1. The summed E-state index contributed by atoms with van der Waals surface area (Å²) < 4.78 is 5.12. The minimum atomic E-state index is 0.188. The molecule has 0 saturated heterocycles.